The van der Waals surface area contributed by atoms with Crippen LogP contribution in [-0.2, 0) is 19.6 Å². The van der Waals surface area contributed by atoms with Gasteiger partial charge in [-0.25, -0.2) is 4.98 Å². The summed E-state index contributed by atoms with van der Waals surface area (Å²) in [6, 6.07) is 22.1. The van der Waals surface area contributed by atoms with Crippen molar-refractivity contribution in [2.24, 2.45) is 0 Å². The Morgan fingerprint density at radius 3 is 2.50 bits per heavy atom. The summed E-state index contributed by atoms with van der Waals surface area (Å²) < 4.78 is 13.9. The topological polar surface area (TPSA) is 56.5 Å². The molecule has 5 heteroatoms. The number of aromatic nitrogens is 2. The Labute approximate surface area is 189 Å². The van der Waals surface area contributed by atoms with Crippen molar-refractivity contribution in [2.45, 2.75) is 46.4 Å². The van der Waals surface area contributed by atoms with Gasteiger partial charge in [0, 0.05) is 0 Å². The number of aliphatic hydroxyl groups is 1. The van der Waals surface area contributed by atoms with Crippen molar-refractivity contribution in [1.82, 2.24) is 9.55 Å². The molecule has 0 fully saturated rings. The zero-order valence-electron chi connectivity index (χ0n) is 18.9. The first-order valence-corrected chi connectivity index (χ1v) is 11.1. The lowest BCUT2D eigenvalue weighted by molar-refractivity contribution is 0.0917. The van der Waals surface area contributed by atoms with E-state index >= 15 is 0 Å². The number of hydrogen-bond donors (Lipinski definition) is 1. The van der Waals surface area contributed by atoms with Gasteiger partial charge in [-0.2, -0.15) is 0 Å². The second kappa shape index (κ2) is 9.88. The highest BCUT2D eigenvalue weighted by Gasteiger charge is 2.16. The Morgan fingerprint density at radius 2 is 1.75 bits per heavy atom. The van der Waals surface area contributed by atoms with Gasteiger partial charge in [0.1, 0.15) is 36.6 Å². The van der Waals surface area contributed by atoms with Gasteiger partial charge in [0.15, 0.2) is 0 Å². The van der Waals surface area contributed by atoms with Gasteiger partial charge in [-0.3, -0.25) is 0 Å². The smallest absolute Gasteiger partial charge is 0.148 e. The summed E-state index contributed by atoms with van der Waals surface area (Å²) in [5.41, 5.74) is 5.41. The predicted octanol–water partition coefficient (Wildman–Crippen LogP) is 5.23. The van der Waals surface area contributed by atoms with Crippen LogP contribution in [-0.4, -0.2) is 27.4 Å². The third-order valence-corrected chi connectivity index (χ3v) is 5.59. The molecule has 0 aliphatic carbocycles. The number of aryl methyl sites for hydroxylation is 3. The van der Waals surface area contributed by atoms with Gasteiger partial charge < -0.3 is 19.1 Å². The van der Waals surface area contributed by atoms with E-state index in [1.54, 1.807) is 0 Å². The third kappa shape index (κ3) is 5.11. The SMILES string of the molecule is CCc1ccc(OCC(O)Cn2c(COc3ccc(C)cc3C)nc3ccccc32)cc1. The molecule has 1 atom stereocenters. The molecule has 0 bridgehead atoms. The molecule has 0 radical (unpaired) electrons. The van der Waals surface area contributed by atoms with E-state index in [9.17, 15) is 5.11 Å². The van der Waals surface area contributed by atoms with Crippen LogP contribution in [0.1, 0.15) is 29.4 Å². The van der Waals surface area contributed by atoms with Crippen LogP contribution in [0.5, 0.6) is 11.5 Å². The highest BCUT2D eigenvalue weighted by Crippen LogP contribution is 2.22. The lowest BCUT2D eigenvalue weighted by Gasteiger charge is -2.16. The molecular formula is C27H30N2O3. The fourth-order valence-corrected chi connectivity index (χ4v) is 3.82. The van der Waals surface area contributed by atoms with Crippen LogP contribution in [0.15, 0.2) is 66.7 Å². The number of nitrogens with zero attached hydrogens (tertiary/aromatic N) is 2. The number of para-hydroxylation sites is 2. The summed E-state index contributed by atoms with van der Waals surface area (Å²) in [6.45, 7) is 7.13. The molecule has 1 N–H and O–H groups in total. The van der Waals surface area contributed by atoms with Crippen molar-refractivity contribution in [2.75, 3.05) is 6.61 Å². The Bertz CT molecular complexity index is 1180. The highest BCUT2D eigenvalue weighted by atomic mass is 16.5. The molecule has 32 heavy (non-hydrogen) atoms. The van der Waals surface area contributed by atoms with E-state index in [1.807, 2.05) is 72.2 Å². The zero-order chi connectivity index (χ0) is 22.5. The van der Waals surface area contributed by atoms with E-state index in [0.717, 1.165) is 40.3 Å². The summed E-state index contributed by atoms with van der Waals surface area (Å²) in [5.74, 6) is 2.38. The van der Waals surface area contributed by atoms with Gasteiger partial charge in [0.25, 0.3) is 0 Å². The largest absolute Gasteiger partial charge is 0.491 e. The lowest BCUT2D eigenvalue weighted by Crippen LogP contribution is -2.25. The van der Waals surface area contributed by atoms with Gasteiger partial charge in [-0.05, 0) is 61.7 Å². The number of rotatable bonds is 9. The number of ether oxygens (including phenoxy) is 2. The first-order chi connectivity index (χ1) is 15.5. The molecule has 1 heterocycles. The average molecular weight is 431 g/mol. The second-order valence-electron chi connectivity index (χ2n) is 8.15. The van der Waals surface area contributed by atoms with Gasteiger partial charge in [0.05, 0.1) is 17.6 Å². The van der Waals surface area contributed by atoms with Gasteiger partial charge in [0.2, 0.25) is 0 Å². The predicted molar refractivity (Wildman–Crippen MR) is 127 cm³/mol. The van der Waals surface area contributed by atoms with E-state index < -0.39 is 6.10 Å². The minimum atomic E-state index is -0.682. The van der Waals surface area contributed by atoms with Crippen molar-refractivity contribution in [1.29, 1.82) is 0 Å². The van der Waals surface area contributed by atoms with Crippen molar-refractivity contribution >= 4 is 11.0 Å². The van der Waals surface area contributed by atoms with E-state index in [4.69, 9.17) is 14.5 Å². The second-order valence-corrected chi connectivity index (χ2v) is 8.15. The van der Waals surface area contributed by atoms with Crippen molar-refractivity contribution < 1.29 is 14.6 Å². The van der Waals surface area contributed by atoms with E-state index in [-0.39, 0.29) is 6.61 Å². The van der Waals surface area contributed by atoms with Crippen LogP contribution in [0.3, 0.4) is 0 Å². The normalized spacial score (nSPS) is 12.1. The van der Waals surface area contributed by atoms with Crippen LogP contribution in [0.25, 0.3) is 11.0 Å². The van der Waals surface area contributed by atoms with Crippen LogP contribution in [0.4, 0.5) is 0 Å². The van der Waals surface area contributed by atoms with Crippen molar-refractivity contribution in [3.05, 3.63) is 89.2 Å². The van der Waals surface area contributed by atoms with Crippen LogP contribution < -0.4 is 9.47 Å². The summed E-state index contributed by atoms with van der Waals surface area (Å²) in [5, 5.41) is 10.7. The quantitative estimate of drug-likeness (QED) is 0.395. The molecule has 4 rings (SSSR count). The van der Waals surface area contributed by atoms with Gasteiger partial charge in [-0.1, -0.05) is 48.9 Å². The molecule has 0 saturated heterocycles. The maximum absolute atomic E-state index is 10.7. The molecule has 0 amide bonds. The lowest BCUT2D eigenvalue weighted by atomic mass is 10.1. The summed E-state index contributed by atoms with van der Waals surface area (Å²) in [6.07, 6.45) is 0.308. The first-order valence-electron chi connectivity index (χ1n) is 11.1. The standard InChI is InChI=1S/C27H30N2O3/c1-4-21-10-12-23(13-11-21)31-17-22(30)16-29-25-8-6-5-7-24(25)28-27(29)18-32-26-14-9-19(2)15-20(26)3/h5-15,22,30H,4,16-18H2,1-3H3. The Morgan fingerprint density at radius 1 is 0.969 bits per heavy atom. The van der Waals surface area contributed by atoms with E-state index in [2.05, 4.69) is 19.9 Å². The number of aliphatic hydroxyl groups excluding tert-OH is 1. The fourth-order valence-electron chi connectivity index (χ4n) is 3.82. The summed E-state index contributed by atoms with van der Waals surface area (Å²) >= 11 is 0. The molecule has 0 aliphatic heterocycles. The van der Waals surface area contributed by atoms with Crippen LogP contribution in [0, 0.1) is 13.8 Å². The third-order valence-electron chi connectivity index (χ3n) is 5.59. The fraction of sp³-hybridized carbons (Fsp3) is 0.296. The van der Waals surface area contributed by atoms with Crippen LogP contribution in [0.2, 0.25) is 0 Å². The molecule has 0 aliphatic rings. The molecule has 3 aromatic carbocycles. The molecule has 1 aromatic heterocycles. The summed E-state index contributed by atoms with van der Waals surface area (Å²) in [7, 11) is 0. The first kappa shape index (κ1) is 21.9. The van der Waals surface area contributed by atoms with Gasteiger partial charge >= 0.3 is 0 Å². The number of fused-ring (bicyclic) bond motifs is 1. The number of hydrogen-bond acceptors (Lipinski definition) is 4. The average Bonchev–Trinajstić information content (AvgIpc) is 3.14. The van der Waals surface area contributed by atoms with Gasteiger partial charge in [-0.15, -0.1) is 0 Å². The molecule has 4 aromatic rings. The Balaban J connectivity index is 1.47. The minimum absolute atomic E-state index is 0.204. The maximum atomic E-state index is 10.7. The maximum Gasteiger partial charge on any atom is 0.148 e. The molecule has 1 unspecified atom stereocenters. The van der Waals surface area contributed by atoms with Crippen molar-refractivity contribution in [3.8, 4) is 11.5 Å². The molecule has 0 saturated carbocycles. The minimum Gasteiger partial charge on any atom is -0.491 e. The Kier molecular flexibility index (Phi) is 6.76. The molecule has 5 nitrogen and oxygen atoms in total. The molecule has 0 spiro atoms. The number of imidazole rings is 1. The van der Waals surface area contributed by atoms with E-state index in [0.29, 0.717) is 13.2 Å². The summed E-state index contributed by atoms with van der Waals surface area (Å²) in [4.78, 5) is 4.75. The molecule has 166 valence electrons. The van der Waals surface area contributed by atoms with Crippen molar-refractivity contribution in [3.63, 3.8) is 0 Å². The molecular weight excluding hydrogens is 400 g/mol. The monoisotopic (exact) mass is 430 g/mol. The number of benzene rings is 3. The van der Waals surface area contributed by atoms with Crippen LogP contribution >= 0.6 is 0 Å². The zero-order valence-corrected chi connectivity index (χ0v) is 18.9. The highest BCUT2D eigenvalue weighted by molar-refractivity contribution is 5.75. The van der Waals surface area contributed by atoms with E-state index in [1.165, 1.54) is 11.1 Å². The Hall–Kier alpha value is -3.31.